The number of nitrogens with one attached hydrogen (secondary N) is 1. The molecule has 0 bridgehead atoms. The summed E-state index contributed by atoms with van der Waals surface area (Å²) in [4.78, 5) is 13.5. The van der Waals surface area contributed by atoms with E-state index in [1.807, 2.05) is 12.1 Å². The minimum absolute atomic E-state index is 0.186. The molecule has 3 nitrogen and oxygen atoms in total. The Morgan fingerprint density at radius 1 is 1.19 bits per heavy atom. The zero-order valence-electron chi connectivity index (χ0n) is 12.5. The molecule has 0 amide bonds. The Labute approximate surface area is 130 Å². The van der Waals surface area contributed by atoms with Crippen LogP contribution in [0.5, 0.6) is 0 Å². The molecule has 4 heteroatoms. The number of carbonyl (C=O) groups excluding carboxylic acids is 1. The molecule has 0 fully saturated rings. The lowest BCUT2D eigenvalue weighted by atomic mass is 10.0. The van der Waals surface area contributed by atoms with Crippen LogP contribution in [0.15, 0.2) is 42.5 Å². The molecule has 1 aromatic heterocycles. The van der Waals surface area contributed by atoms with Gasteiger partial charge in [0, 0.05) is 22.8 Å². The van der Waals surface area contributed by atoms with Gasteiger partial charge in [0.1, 0.15) is 0 Å². The minimum Gasteiger partial charge on any atom is -0.469 e. The third kappa shape index (κ3) is 4.99. The fourth-order valence-corrected chi connectivity index (χ4v) is 3.11. The third-order valence-electron chi connectivity index (χ3n) is 3.38. The minimum atomic E-state index is -0.186. The van der Waals surface area contributed by atoms with Crippen molar-refractivity contribution in [1.82, 2.24) is 5.32 Å². The Kier molecular flexibility index (Phi) is 5.96. The Morgan fingerprint density at radius 2 is 1.90 bits per heavy atom. The summed E-state index contributed by atoms with van der Waals surface area (Å²) in [5, 5.41) is 3.47. The van der Waals surface area contributed by atoms with Crippen LogP contribution in [0.25, 0.3) is 0 Å². The summed E-state index contributed by atoms with van der Waals surface area (Å²) >= 11 is 1.66. The van der Waals surface area contributed by atoms with Crippen molar-refractivity contribution in [2.75, 3.05) is 13.7 Å². The molecule has 0 saturated heterocycles. The number of thiophene rings is 1. The van der Waals surface area contributed by atoms with E-state index in [0.717, 1.165) is 18.0 Å². The second kappa shape index (κ2) is 7.96. The van der Waals surface area contributed by atoms with Crippen LogP contribution in [0.1, 0.15) is 28.2 Å². The smallest absolute Gasteiger partial charge is 0.310 e. The maximum absolute atomic E-state index is 11.2. The normalized spacial score (nSPS) is 12.1. The largest absolute Gasteiger partial charge is 0.469 e. The fourth-order valence-electron chi connectivity index (χ4n) is 2.14. The molecule has 0 aliphatic rings. The summed E-state index contributed by atoms with van der Waals surface area (Å²) in [7, 11) is 1.42. The lowest BCUT2D eigenvalue weighted by Crippen LogP contribution is -2.19. The van der Waals surface area contributed by atoms with Crippen molar-refractivity contribution < 1.29 is 9.53 Å². The van der Waals surface area contributed by atoms with Crippen LogP contribution in [0.3, 0.4) is 0 Å². The van der Waals surface area contributed by atoms with Crippen molar-refractivity contribution in [3.05, 3.63) is 57.8 Å². The quantitative estimate of drug-likeness (QED) is 0.797. The van der Waals surface area contributed by atoms with Gasteiger partial charge in [0.05, 0.1) is 13.5 Å². The monoisotopic (exact) mass is 303 g/mol. The van der Waals surface area contributed by atoms with Crippen molar-refractivity contribution in [2.45, 2.75) is 25.8 Å². The molecular formula is C17H21NO2S. The van der Waals surface area contributed by atoms with Crippen molar-refractivity contribution in [3.8, 4) is 0 Å². The first-order valence-electron chi connectivity index (χ1n) is 7.09. The first kappa shape index (κ1) is 15.7. The zero-order valence-corrected chi connectivity index (χ0v) is 13.3. The molecule has 0 saturated carbocycles. The number of benzene rings is 1. The van der Waals surface area contributed by atoms with Crippen molar-refractivity contribution in [1.29, 1.82) is 0 Å². The molecule has 1 heterocycles. The van der Waals surface area contributed by atoms with Gasteiger partial charge >= 0.3 is 5.97 Å². The Hall–Kier alpha value is -1.65. The first-order valence-corrected chi connectivity index (χ1v) is 7.90. The van der Waals surface area contributed by atoms with Gasteiger partial charge in [0.15, 0.2) is 0 Å². The van der Waals surface area contributed by atoms with E-state index in [2.05, 4.69) is 47.3 Å². The van der Waals surface area contributed by atoms with Crippen LogP contribution >= 0.6 is 11.3 Å². The van der Waals surface area contributed by atoms with E-state index in [4.69, 9.17) is 0 Å². The number of hydrogen-bond donors (Lipinski definition) is 1. The van der Waals surface area contributed by atoms with Crippen LogP contribution in [-0.4, -0.2) is 19.6 Å². The summed E-state index contributed by atoms with van der Waals surface area (Å²) < 4.78 is 4.68. The maximum Gasteiger partial charge on any atom is 0.310 e. The Bertz CT molecular complexity index is 565. The fraction of sp³-hybridized carbons (Fsp3) is 0.353. The summed E-state index contributed by atoms with van der Waals surface area (Å²) in [6, 6.07) is 14.6. The second-order valence-corrected chi connectivity index (χ2v) is 6.32. The molecule has 1 N–H and O–H groups in total. The van der Waals surface area contributed by atoms with E-state index in [9.17, 15) is 4.79 Å². The van der Waals surface area contributed by atoms with Gasteiger partial charge in [0.2, 0.25) is 0 Å². The van der Waals surface area contributed by atoms with Crippen LogP contribution in [-0.2, 0) is 22.5 Å². The summed E-state index contributed by atoms with van der Waals surface area (Å²) in [5.74, 6) is 0.301. The second-order valence-electron chi connectivity index (χ2n) is 5.06. The number of rotatable bonds is 7. The summed E-state index contributed by atoms with van der Waals surface area (Å²) in [6.45, 7) is 4.00. The summed E-state index contributed by atoms with van der Waals surface area (Å²) in [5.41, 5.74) is 1.35. The van der Waals surface area contributed by atoms with Crippen LogP contribution < -0.4 is 5.32 Å². The number of hydrogen-bond acceptors (Lipinski definition) is 4. The lowest BCUT2D eigenvalue weighted by Gasteiger charge is -2.12. The maximum atomic E-state index is 11.2. The van der Waals surface area contributed by atoms with Crippen molar-refractivity contribution in [3.63, 3.8) is 0 Å². The average Bonchev–Trinajstić information content (AvgIpc) is 2.95. The number of carbonyl (C=O) groups is 1. The van der Waals surface area contributed by atoms with E-state index < -0.39 is 0 Å². The molecule has 2 aromatic rings. The molecule has 0 radical (unpaired) electrons. The van der Waals surface area contributed by atoms with Gasteiger partial charge < -0.3 is 10.1 Å². The van der Waals surface area contributed by atoms with Crippen molar-refractivity contribution >= 4 is 17.3 Å². The molecule has 1 atom stereocenters. The standard InChI is InChI=1S/C17H21NO2S/c1-13(14-6-4-3-5-7-14)11-18-12-16-9-8-15(21-16)10-17(19)20-2/h3-9,13,18H,10-12H2,1-2H3. The molecule has 0 spiro atoms. The van der Waals surface area contributed by atoms with Gasteiger partial charge in [0.25, 0.3) is 0 Å². The Balaban J connectivity index is 1.77. The molecule has 21 heavy (non-hydrogen) atoms. The van der Waals surface area contributed by atoms with E-state index in [1.54, 1.807) is 11.3 Å². The van der Waals surface area contributed by atoms with Gasteiger partial charge in [-0.3, -0.25) is 4.79 Å². The van der Waals surface area contributed by atoms with E-state index >= 15 is 0 Å². The Morgan fingerprint density at radius 3 is 2.62 bits per heavy atom. The van der Waals surface area contributed by atoms with Gasteiger partial charge in [-0.25, -0.2) is 0 Å². The predicted octanol–water partition coefficient (Wildman–Crippen LogP) is 3.36. The first-order chi connectivity index (χ1) is 10.2. The zero-order chi connectivity index (χ0) is 15.1. The highest BCUT2D eigenvalue weighted by Gasteiger charge is 2.07. The molecular weight excluding hydrogens is 282 g/mol. The molecule has 0 aliphatic heterocycles. The molecule has 112 valence electrons. The van der Waals surface area contributed by atoms with Crippen LogP contribution in [0, 0.1) is 0 Å². The number of esters is 1. The molecule has 2 rings (SSSR count). The van der Waals surface area contributed by atoms with Gasteiger partial charge in [-0.1, -0.05) is 37.3 Å². The highest BCUT2D eigenvalue weighted by Crippen LogP contribution is 2.18. The van der Waals surface area contributed by atoms with E-state index in [0.29, 0.717) is 12.3 Å². The number of methoxy groups -OCH3 is 1. The number of ether oxygens (including phenoxy) is 1. The topological polar surface area (TPSA) is 38.3 Å². The van der Waals surface area contributed by atoms with Crippen LogP contribution in [0.2, 0.25) is 0 Å². The SMILES string of the molecule is COC(=O)Cc1ccc(CNCC(C)c2ccccc2)s1. The third-order valence-corrected chi connectivity index (χ3v) is 4.47. The van der Waals surface area contributed by atoms with Gasteiger partial charge in [-0.05, 0) is 23.6 Å². The highest BCUT2D eigenvalue weighted by molar-refractivity contribution is 7.12. The predicted molar refractivity (Wildman–Crippen MR) is 86.6 cm³/mol. The lowest BCUT2D eigenvalue weighted by molar-refractivity contribution is -0.139. The van der Waals surface area contributed by atoms with E-state index in [-0.39, 0.29) is 5.97 Å². The highest BCUT2D eigenvalue weighted by atomic mass is 32.1. The average molecular weight is 303 g/mol. The molecule has 1 unspecified atom stereocenters. The molecule has 0 aliphatic carbocycles. The molecule has 1 aromatic carbocycles. The van der Waals surface area contributed by atoms with Crippen molar-refractivity contribution in [2.24, 2.45) is 0 Å². The summed E-state index contributed by atoms with van der Waals surface area (Å²) in [6.07, 6.45) is 0.363. The van der Waals surface area contributed by atoms with E-state index in [1.165, 1.54) is 17.6 Å². The van der Waals surface area contributed by atoms with Gasteiger partial charge in [-0.2, -0.15) is 0 Å². The van der Waals surface area contributed by atoms with Gasteiger partial charge in [-0.15, -0.1) is 11.3 Å². The van der Waals surface area contributed by atoms with Crippen LogP contribution in [0.4, 0.5) is 0 Å².